The second-order valence-corrected chi connectivity index (χ2v) is 10.1. The first-order valence-electron chi connectivity index (χ1n) is 12.9. The molecule has 3 aromatic carbocycles. The van der Waals surface area contributed by atoms with Crippen LogP contribution in [-0.2, 0) is 5.41 Å². The number of hydrogen-bond acceptors (Lipinski definition) is 3. The van der Waals surface area contributed by atoms with E-state index in [0.717, 1.165) is 24.5 Å². The Kier molecular flexibility index (Phi) is 6.25. The fourth-order valence-electron chi connectivity index (χ4n) is 5.30. The molecule has 1 fully saturated rings. The molecular formula is C32H24F3N3O2. The topological polar surface area (TPSA) is 63.5 Å². The quantitative estimate of drug-likeness (QED) is 0.233. The number of rotatable bonds is 7. The maximum absolute atomic E-state index is 16.2. The molecule has 0 bridgehead atoms. The van der Waals surface area contributed by atoms with E-state index in [2.05, 4.69) is 10.4 Å². The Morgan fingerprint density at radius 3 is 2.30 bits per heavy atom. The summed E-state index contributed by atoms with van der Waals surface area (Å²) in [7, 11) is 1.41. The van der Waals surface area contributed by atoms with Crippen molar-refractivity contribution in [2.75, 3.05) is 7.05 Å². The minimum Gasteiger partial charge on any atom is -0.355 e. The fourth-order valence-corrected chi connectivity index (χ4v) is 5.30. The summed E-state index contributed by atoms with van der Waals surface area (Å²) in [4.78, 5) is 26.2. The Hall–Kier alpha value is -4.72. The molecule has 1 amide bonds. The molecular weight excluding hydrogens is 515 g/mol. The highest BCUT2D eigenvalue weighted by molar-refractivity contribution is 6.07. The maximum atomic E-state index is 16.2. The molecule has 0 atom stereocenters. The lowest BCUT2D eigenvalue weighted by atomic mass is 9.88. The monoisotopic (exact) mass is 539 g/mol. The van der Waals surface area contributed by atoms with Crippen molar-refractivity contribution in [1.29, 1.82) is 0 Å². The maximum Gasteiger partial charge on any atom is 0.255 e. The number of ketones is 1. The van der Waals surface area contributed by atoms with E-state index in [1.54, 1.807) is 0 Å². The zero-order chi connectivity index (χ0) is 28.0. The number of Topliss-reactive ketones (excluding diaryl/α,β-unsaturated/α-hetero) is 1. The molecule has 1 saturated carbocycles. The largest absolute Gasteiger partial charge is 0.355 e. The molecule has 5 nitrogen and oxygen atoms in total. The predicted octanol–water partition coefficient (Wildman–Crippen LogP) is 6.75. The molecule has 0 aliphatic heterocycles. The SMILES string of the molecule is CNC(=O)c1c(-c2ccc(F)cc2)nn2ccc(-c3cc(F)cc(C(=O)CC4(c5ccccc5)CC4)c3)c(F)c12. The molecule has 0 spiro atoms. The number of hydrogen-bond donors (Lipinski definition) is 1. The van der Waals surface area contributed by atoms with Crippen LogP contribution in [0.5, 0.6) is 0 Å². The highest BCUT2D eigenvalue weighted by Crippen LogP contribution is 2.51. The minimum atomic E-state index is -0.797. The van der Waals surface area contributed by atoms with Gasteiger partial charge in [0.15, 0.2) is 11.6 Å². The molecule has 8 heteroatoms. The van der Waals surface area contributed by atoms with E-state index in [-0.39, 0.29) is 51.1 Å². The molecule has 40 heavy (non-hydrogen) atoms. The van der Waals surface area contributed by atoms with Crippen LogP contribution >= 0.6 is 0 Å². The van der Waals surface area contributed by atoms with Crippen molar-refractivity contribution in [3.05, 3.63) is 119 Å². The van der Waals surface area contributed by atoms with E-state index in [0.29, 0.717) is 5.56 Å². The van der Waals surface area contributed by atoms with Crippen molar-refractivity contribution in [1.82, 2.24) is 14.9 Å². The van der Waals surface area contributed by atoms with Gasteiger partial charge in [-0.2, -0.15) is 5.10 Å². The van der Waals surface area contributed by atoms with E-state index < -0.39 is 23.4 Å². The summed E-state index contributed by atoms with van der Waals surface area (Å²) in [6.07, 6.45) is 3.44. The molecule has 2 heterocycles. The van der Waals surface area contributed by atoms with Crippen molar-refractivity contribution < 1.29 is 22.8 Å². The van der Waals surface area contributed by atoms with Gasteiger partial charge < -0.3 is 5.32 Å². The van der Waals surface area contributed by atoms with Gasteiger partial charge >= 0.3 is 0 Å². The van der Waals surface area contributed by atoms with Gasteiger partial charge in [0.05, 0.1) is 5.56 Å². The van der Waals surface area contributed by atoms with E-state index in [9.17, 15) is 18.4 Å². The molecule has 1 aliphatic rings. The molecule has 5 aromatic rings. The number of amides is 1. The van der Waals surface area contributed by atoms with Crippen molar-refractivity contribution in [2.45, 2.75) is 24.7 Å². The summed E-state index contributed by atoms with van der Waals surface area (Å²) in [6, 6.07) is 20.4. The Morgan fingerprint density at radius 2 is 1.62 bits per heavy atom. The molecule has 200 valence electrons. The van der Waals surface area contributed by atoms with Crippen LogP contribution < -0.4 is 5.32 Å². The second-order valence-electron chi connectivity index (χ2n) is 10.1. The molecule has 6 rings (SSSR count). The molecule has 0 radical (unpaired) electrons. The van der Waals surface area contributed by atoms with Crippen LogP contribution in [0.25, 0.3) is 27.9 Å². The lowest BCUT2D eigenvalue weighted by Gasteiger charge is -2.15. The zero-order valence-electron chi connectivity index (χ0n) is 21.5. The first-order chi connectivity index (χ1) is 19.3. The van der Waals surface area contributed by atoms with Crippen molar-refractivity contribution in [3.8, 4) is 22.4 Å². The standard InChI is InChI=1S/C32H24F3N3O2/c1-36-31(40)27-29(19-7-9-23(33)10-8-19)37-38-14-11-25(28(35)30(27)38)20-15-21(17-24(34)16-20)26(39)18-32(12-13-32)22-5-3-2-4-6-22/h2-11,14-17H,12-13,18H2,1H3,(H,36,40). The molecule has 0 saturated heterocycles. The summed E-state index contributed by atoms with van der Waals surface area (Å²) in [6.45, 7) is 0. The highest BCUT2D eigenvalue weighted by Gasteiger charge is 2.45. The number of carbonyl (C=O) groups excluding carboxylic acids is 2. The zero-order valence-corrected chi connectivity index (χ0v) is 21.5. The lowest BCUT2D eigenvalue weighted by molar-refractivity contribution is 0.0959. The predicted molar refractivity (Wildman–Crippen MR) is 146 cm³/mol. The van der Waals surface area contributed by atoms with E-state index in [1.165, 1.54) is 60.2 Å². The third-order valence-electron chi connectivity index (χ3n) is 7.58. The summed E-state index contributed by atoms with van der Waals surface area (Å²) >= 11 is 0. The summed E-state index contributed by atoms with van der Waals surface area (Å²) in [5.74, 6) is -2.74. The Balaban J connectivity index is 1.42. The summed E-state index contributed by atoms with van der Waals surface area (Å²) in [5.41, 5.74) is 1.60. The van der Waals surface area contributed by atoms with Crippen molar-refractivity contribution >= 4 is 17.2 Å². The second kappa shape index (κ2) is 9.79. The van der Waals surface area contributed by atoms with Gasteiger partial charge in [-0.3, -0.25) is 9.59 Å². The van der Waals surface area contributed by atoms with Gasteiger partial charge in [0, 0.05) is 41.8 Å². The van der Waals surface area contributed by atoms with Gasteiger partial charge in [-0.05, 0) is 72.5 Å². The number of halogens is 3. The Labute approximate surface area is 228 Å². The average Bonchev–Trinajstić information content (AvgIpc) is 3.64. The third kappa shape index (κ3) is 4.45. The molecule has 0 unspecified atom stereocenters. The van der Waals surface area contributed by atoms with Crippen LogP contribution in [0.3, 0.4) is 0 Å². The highest BCUT2D eigenvalue weighted by atomic mass is 19.1. The van der Waals surface area contributed by atoms with Crippen molar-refractivity contribution in [3.63, 3.8) is 0 Å². The molecule has 2 aromatic heterocycles. The lowest BCUT2D eigenvalue weighted by Crippen LogP contribution is -2.18. The minimum absolute atomic E-state index is 0.0148. The van der Waals surface area contributed by atoms with Crippen molar-refractivity contribution in [2.24, 2.45) is 0 Å². The number of nitrogens with zero attached hydrogens (tertiary/aromatic N) is 2. The van der Waals surface area contributed by atoms with Crippen LogP contribution in [0.4, 0.5) is 13.2 Å². The van der Waals surface area contributed by atoms with Gasteiger partial charge in [0.1, 0.15) is 22.8 Å². The van der Waals surface area contributed by atoms with Gasteiger partial charge in [-0.1, -0.05) is 30.3 Å². The third-order valence-corrected chi connectivity index (χ3v) is 7.58. The van der Waals surface area contributed by atoms with Crippen LogP contribution in [0, 0.1) is 17.5 Å². The molecule has 1 aliphatic carbocycles. The van der Waals surface area contributed by atoms with Crippen LogP contribution in [0.15, 0.2) is 85.1 Å². The number of nitrogens with one attached hydrogen (secondary N) is 1. The van der Waals surface area contributed by atoms with Gasteiger partial charge in [0.2, 0.25) is 0 Å². The van der Waals surface area contributed by atoms with E-state index in [4.69, 9.17) is 0 Å². The summed E-state index contributed by atoms with van der Waals surface area (Å²) < 4.78 is 45.7. The molecule has 1 N–H and O–H groups in total. The van der Waals surface area contributed by atoms with Crippen LogP contribution in [-0.4, -0.2) is 28.4 Å². The van der Waals surface area contributed by atoms with Gasteiger partial charge in [0.25, 0.3) is 5.91 Å². The fraction of sp³-hybridized carbons (Fsp3) is 0.156. The summed E-state index contributed by atoms with van der Waals surface area (Å²) in [5, 5.41) is 6.89. The number of carbonyl (C=O) groups is 2. The van der Waals surface area contributed by atoms with E-state index in [1.807, 2.05) is 30.3 Å². The first-order valence-corrected chi connectivity index (χ1v) is 12.9. The number of benzene rings is 3. The first kappa shape index (κ1) is 25.6. The normalized spacial score (nSPS) is 13.8. The van der Waals surface area contributed by atoms with Crippen LogP contribution in [0.1, 0.15) is 45.5 Å². The Morgan fingerprint density at radius 1 is 0.900 bits per heavy atom. The number of aromatic nitrogens is 2. The van der Waals surface area contributed by atoms with Gasteiger partial charge in [-0.25, -0.2) is 17.7 Å². The van der Waals surface area contributed by atoms with Crippen LogP contribution in [0.2, 0.25) is 0 Å². The van der Waals surface area contributed by atoms with E-state index >= 15 is 4.39 Å². The number of fused-ring (bicyclic) bond motifs is 1. The Bertz CT molecular complexity index is 1780. The average molecular weight is 540 g/mol. The van der Waals surface area contributed by atoms with Gasteiger partial charge in [-0.15, -0.1) is 0 Å². The smallest absolute Gasteiger partial charge is 0.255 e. The number of pyridine rings is 1.